The third-order valence-electron chi connectivity index (χ3n) is 4.22. The molecule has 0 saturated heterocycles. The molecule has 1 N–H and O–H groups in total. The van der Waals surface area contributed by atoms with Crippen LogP contribution in [0.15, 0.2) is 35.7 Å². The number of nitrogens with zero attached hydrogens (tertiary/aromatic N) is 5. The number of aromatic nitrogens is 5. The van der Waals surface area contributed by atoms with Crippen LogP contribution < -0.4 is 4.72 Å². The maximum absolute atomic E-state index is 13.9. The molecule has 12 heteroatoms. The quantitative estimate of drug-likeness (QED) is 0.603. The van der Waals surface area contributed by atoms with Crippen LogP contribution in [0.4, 0.5) is 8.78 Å². The molecule has 2 heterocycles. The van der Waals surface area contributed by atoms with Crippen LogP contribution in [0, 0.1) is 24.5 Å². The molecule has 160 valence electrons. The molecule has 1 aromatic carbocycles. The SMILES string of the molecule is Cc1c(C(=O)NS(=O)(=O)c2cn(CC(C)C)cn2)nnn1Cc1ccc(F)cc1F. The number of hydrogen-bond acceptors (Lipinski definition) is 6. The van der Waals surface area contributed by atoms with Gasteiger partial charge in [0.2, 0.25) is 0 Å². The maximum atomic E-state index is 13.9. The second-order valence-electron chi connectivity index (χ2n) is 7.15. The number of carbonyl (C=O) groups excluding carboxylic acids is 1. The fourth-order valence-electron chi connectivity index (χ4n) is 2.75. The Morgan fingerprint density at radius 3 is 2.67 bits per heavy atom. The summed E-state index contributed by atoms with van der Waals surface area (Å²) in [6.45, 7) is 5.90. The van der Waals surface area contributed by atoms with E-state index in [2.05, 4.69) is 15.3 Å². The summed E-state index contributed by atoms with van der Waals surface area (Å²) >= 11 is 0. The minimum absolute atomic E-state index is 0.107. The van der Waals surface area contributed by atoms with E-state index in [0.29, 0.717) is 6.54 Å². The first kappa shape index (κ1) is 21.6. The van der Waals surface area contributed by atoms with Crippen LogP contribution in [0.5, 0.6) is 0 Å². The van der Waals surface area contributed by atoms with Crippen LogP contribution in [-0.4, -0.2) is 38.9 Å². The van der Waals surface area contributed by atoms with Crippen LogP contribution >= 0.6 is 0 Å². The number of carbonyl (C=O) groups is 1. The number of sulfonamides is 1. The van der Waals surface area contributed by atoms with Crippen molar-refractivity contribution >= 4 is 15.9 Å². The van der Waals surface area contributed by atoms with Gasteiger partial charge in [-0.25, -0.2) is 23.2 Å². The summed E-state index contributed by atoms with van der Waals surface area (Å²) in [4.78, 5) is 16.3. The molecule has 0 unspecified atom stereocenters. The van der Waals surface area contributed by atoms with Crippen LogP contribution in [0.25, 0.3) is 0 Å². The van der Waals surface area contributed by atoms with Crippen molar-refractivity contribution in [1.29, 1.82) is 0 Å². The highest BCUT2D eigenvalue weighted by Crippen LogP contribution is 2.14. The first-order valence-corrected chi connectivity index (χ1v) is 10.5. The number of nitrogens with one attached hydrogen (secondary N) is 1. The van der Waals surface area contributed by atoms with Crippen molar-refractivity contribution < 1.29 is 22.0 Å². The summed E-state index contributed by atoms with van der Waals surface area (Å²) < 4.78 is 56.5. The fraction of sp³-hybridized carbons (Fsp3) is 0.333. The summed E-state index contributed by atoms with van der Waals surface area (Å²) in [6, 6.07) is 3.09. The van der Waals surface area contributed by atoms with Gasteiger partial charge in [-0.1, -0.05) is 25.1 Å². The molecule has 30 heavy (non-hydrogen) atoms. The first-order valence-electron chi connectivity index (χ1n) is 8.99. The molecule has 0 radical (unpaired) electrons. The standard InChI is InChI=1S/C18H20F2N6O3S/c1-11(2)7-25-9-16(21-10-25)30(28,29)23-18(27)17-12(3)26(24-22-17)8-13-4-5-14(19)6-15(13)20/h4-6,9-11H,7-8H2,1-3H3,(H,23,27). The summed E-state index contributed by atoms with van der Waals surface area (Å²) in [7, 11) is -4.21. The molecule has 0 aliphatic rings. The molecule has 3 rings (SSSR count). The molecular weight excluding hydrogens is 418 g/mol. The Balaban J connectivity index is 1.76. The molecule has 9 nitrogen and oxygen atoms in total. The third-order valence-corrected chi connectivity index (χ3v) is 5.44. The normalized spacial score (nSPS) is 11.8. The number of imidazole rings is 1. The van der Waals surface area contributed by atoms with Gasteiger partial charge < -0.3 is 4.57 Å². The highest BCUT2D eigenvalue weighted by Gasteiger charge is 2.25. The lowest BCUT2D eigenvalue weighted by molar-refractivity contribution is 0.0975. The lowest BCUT2D eigenvalue weighted by Gasteiger charge is -2.06. The van der Waals surface area contributed by atoms with Gasteiger partial charge in [-0.2, -0.15) is 8.42 Å². The van der Waals surface area contributed by atoms with E-state index in [9.17, 15) is 22.0 Å². The Hall–Kier alpha value is -3.15. The van der Waals surface area contributed by atoms with Gasteiger partial charge in [0.05, 0.1) is 18.6 Å². The van der Waals surface area contributed by atoms with Gasteiger partial charge in [0.25, 0.3) is 15.9 Å². The van der Waals surface area contributed by atoms with Gasteiger partial charge in [0, 0.05) is 24.4 Å². The van der Waals surface area contributed by atoms with E-state index < -0.39 is 27.6 Å². The van der Waals surface area contributed by atoms with E-state index in [1.54, 1.807) is 4.57 Å². The Morgan fingerprint density at radius 2 is 2.00 bits per heavy atom. The second-order valence-corrected chi connectivity index (χ2v) is 8.78. The van der Waals surface area contributed by atoms with Crippen molar-refractivity contribution in [2.24, 2.45) is 5.92 Å². The van der Waals surface area contributed by atoms with Gasteiger partial charge in [-0.3, -0.25) is 4.79 Å². The zero-order chi connectivity index (χ0) is 22.1. The van der Waals surface area contributed by atoms with E-state index >= 15 is 0 Å². The Morgan fingerprint density at radius 1 is 1.27 bits per heavy atom. The largest absolute Gasteiger partial charge is 0.336 e. The fourth-order valence-corrected chi connectivity index (χ4v) is 3.66. The van der Waals surface area contributed by atoms with Crippen molar-refractivity contribution in [1.82, 2.24) is 29.3 Å². The van der Waals surface area contributed by atoms with E-state index in [1.165, 1.54) is 30.2 Å². The third kappa shape index (κ3) is 4.70. The number of hydrogen-bond donors (Lipinski definition) is 1. The molecular formula is C18H20F2N6O3S. The number of benzene rings is 1. The number of rotatable bonds is 7. The minimum Gasteiger partial charge on any atom is -0.336 e. The molecule has 3 aromatic rings. The summed E-state index contributed by atoms with van der Waals surface area (Å²) in [5, 5.41) is 7.17. The first-order chi connectivity index (χ1) is 14.1. The second kappa shape index (κ2) is 8.30. The Bertz CT molecular complexity index is 1190. The van der Waals surface area contributed by atoms with E-state index in [0.717, 1.165) is 12.1 Å². The highest BCUT2D eigenvalue weighted by molar-refractivity contribution is 7.90. The highest BCUT2D eigenvalue weighted by atomic mass is 32.2. The smallest absolute Gasteiger partial charge is 0.287 e. The van der Waals surface area contributed by atoms with Gasteiger partial charge in [0.1, 0.15) is 11.6 Å². The van der Waals surface area contributed by atoms with Crippen LogP contribution in [-0.2, 0) is 23.1 Å². The molecule has 0 bridgehead atoms. The average molecular weight is 438 g/mol. The summed E-state index contributed by atoms with van der Waals surface area (Å²) in [5.74, 6) is -2.19. The molecule has 0 atom stereocenters. The zero-order valence-corrected chi connectivity index (χ0v) is 17.3. The molecule has 0 spiro atoms. The molecule has 0 aliphatic heterocycles. The van der Waals surface area contributed by atoms with Crippen molar-refractivity contribution in [2.75, 3.05) is 0 Å². The zero-order valence-electron chi connectivity index (χ0n) is 16.5. The van der Waals surface area contributed by atoms with Gasteiger partial charge in [-0.15, -0.1) is 5.10 Å². The van der Waals surface area contributed by atoms with Crippen LogP contribution in [0.2, 0.25) is 0 Å². The van der Waals surface area contributed by atoms with Crippen molar-refractivity contribution in [2.45, 2.75) is 38.9 Å². The molecule has 0 saturated carbocycles. The number of amides is 1. The monoisotopic (exact) mass is 438 g/mol. The number of halogens is 2. The van der Waals surface area contributed by atoms with Crippen molar-refractivity contribution in [3.05, 3.63) is 59.3 Å². The topological polar surface area (TPSA) is 112 Å². The van der Waals surface area contributed by atoms with Crippen molar-refractivity contribution in [3.63, 3.8) is 0 Å². The van der Waals surface area contributed by atoms with Crippen LogP contribution in [0.3, 0.4) is 0 Å². The Kier molecular flexibility index (Phi) is 5.97. The molecule has 1 amide bonds. The lowest BCUT2D eigenvalue weighted by Crippen LogP contribution is -2.31. The predicted molar refractivity (Wildman–Crippen MR) is 102 cm³/mol. The van der Waals surface area contributed by atoms with E-state index in [-0.39, 0.29) is 34.4 Å². The predicted octanol–water partition coefficient (Wildman–Crippen LogP) is 1.88. The summed E-state index contributed by atoms with van der Waals surface area (Å²) in [5.41, 5.74) is 0.124. The van der Waals surface area contributed by atoms with Gasteiger partial charge in [-0.05, 0) is 18.9 Å². The average Bonchev–Trinajstić information content (AvgIpc) is 3.24. The van der Waals surface area contributed by atoms with Crippen LogP contribution in [0.1, 0.15) is 35.6 Å². The lowest BCUT2D eigenvalue weighted by atomic mass is 10.2. The Labute approximate surface area is 171 Å². The molecule has 0 fully saturated rings. The minimum atomic E-state index is -4.21. The molecule has 0 aliphatic carbocycles. The van der Waals surface area contributed by atoms with E-state index in [1.807, 2.05) is 18.6 Å². The maximum Gasteiger partial charge on any atom is 0.287 e. The van der Waals surface area contributed by atoms with E-state index in [4.69, 9.17) is 0 Å². The van der Waals surface area contributed by atoms with Gasteiger partial charge >= 0.3 is 0 Å². The van der Waals surface area contributed by atoms with Gasteiger partial charge in [0.15, 0.2) is 10.7 Å². The summed E-state index contributed by atoms with van der Waals surface area (Å²) in [6.07, 6.45) is 2.70. The van der Waals surface area contributed by atoms with Crippen molar-refractivity contribution in [3.8, 4) is 0 Å². The molecule has 2 aromatic heterocycles.